The molecule has 17 heavy (non-hydrogen) atoms. The Morgan fingerprint density at radius 1 is 1.12 bits per heavy atom. The molecule has 2 nitrogen and oxygen atoms in total. The molecule has 2 aromatic carbocycles. The Hall–Kier alpha value is -2.09. The number of aryl methyl sites for hydroxylation is 1. The summed E-state index contributed by atoms with van der Waals surface area (Å²) in [5, 5.41) is 9.31. The first-order valence-corrected chi connectivity index (χ1v) is 5.62. The van der Waals surface area contributed by atoms with E-state index in [-0.39, 0.29) is 0 Å². The standard InChI is InChI=1S/C15H12O2/c1-9-6-7-12-11-5-3-2-4-10(11)8-13(12)14(9)15(16)17/h2-7H,8H2,1H3,(H,16,17). The molecule has 0 radical (unpaired) electrons. The average molecular weight is 224 g/mol. The fourth-order valence-corrected chi connectivity index (χ4v) is 2.63. The number of fused-ring (bicyclic) bond motifs is 3. The van der Waals surface area contributed by atoms with Gasteiger partial charge < -0.3 is 5.11 Å². The van der Waals surface area contributed by atoms with Gasteiger partial charge in [0.05, 0.1) is 5.56 Å². The van der Waals surface area contributed by atoms with Gasteiger partial charge in [0, 0.05) is 0 Å². The SMILES string of the molecule is Cc1ccc2c(c1C(=O)O)Cc1ccccc1-2. The summed E-state index contributed by atoms with van der Waals surface area (Å²) in [6.07, 6.45) is 0.731. The van der Waals surface area contributed by atoms with Crippen molar-refractivity contribution in [2.75, 3.05) is 0 Å². The molecule has 2 aromatic rings. The van der Waals surface area contributed by atoms with Crippen molar-refractivity contribution in [3.63, 3.8) is 0 Å². The van der Waals surface area contributed by atoms with Crippen LogP contribution in [0.4, 0.5) is 0 Å². The van der Waals surface area contributed by atoms with E-state index in [0.29, 0.717) is 5.56 Å². The average Bonchev–Trinajstić information content (AvgIpc) is 2.66. The van der Waals surface area contributed by atoms with Crippen LogP contribution in [0.15, 0.2) is 36.4 Å². The van der Waals surface area contributed by atoms with Crippen molar-refractivity contribution < 1.29 is 9.90 Å². The zero-order valence-electron chi connectivity index (χ0n) is 9.53. The predicted octanol–water partition coefficient (Wildman–Crippen LogP) is 3.26. The Labute approximate surface area is 99.5 Å². The van der Waals surface area contributed by atoms with Gasteiger partial charge in [0.1, 0.15) is 0 Å². The van der Waals surface area contributed by atoms with Gasteiger partial charge in [-0.2, -0.15) is 0 Å². The van der Waals surface area contributed by atoms with Crippen LogP contribution < -0.4 is 0 Å². The van der Waals surface area contributed by atoms with Gasteiger partial charge in [0.15, 0.2) is 0 Å². The Kier molecular flexibility index (Phi) is 2.05. The summed E-state index contributed by atoms with van der Waals surface area (Å²) in [5.74, 6) is -0.827. The highest BCUT2D eigenvalue weighted by molar-refractivity contribution is 5.95. The summed E-state index contributed by atoms with van der Waals surface area (Å²) >= 11 is 0. The molecule has 0 saturated carbocycles. The van der Waals surface area contributed by atoms with Gasteiger partial charge in [0.25, 0.3) is 0 Å². The first-order chi connectivity index (χ1) is 8.18. The van der Waals surface area contributed by atoms with Crippen LogP contribution in [0.5, 0.6) is 0 Å². The normalized spacial score (nSPS) is 12.1. The Morgan fingerprint density at radius 3 is 2.65 bits per heavy atom. The van der Waals surface area contributed by atoms with E-state index in [1.54, 1.807) is 0 Å². The monoisotopic (exact) mass is 224 g/mol. The number of hydrogen-bond donors (Lipinski definition) is 1. The third kappa shape index (κ3) is 1.37. The van der Waals surface area contributed by atoms with E-state index in [1.165, 1.54) is 11.1 Å². The van der Waals surface area contributed by atoms with Crippen LogP contribution in [0.3, 0.4) is 0 Å². The Morgan fingerprint density at radius 2 is 1.88 bits per heavy atom. The quantitative estimate of drug-likeness (QED) is 0.688. The van der Waals surface area contributed by atoms with Gasteiger partial charge in [-0.1, -0.05) is 36.4 Å². The van der Waals surface area contributed by atoms with Gasteiger partial charge in [0.2, 0.25) is 0 Å². The molecule has 0 amide bonds. The van der Waals surface area contributed by atoms with Crippen molar-refractivity contribution in [2.24, 2.45) is 0 Å². The summed E-state index contributed by atoms with van der Waals surface area (Å²) in [6.45, 7) is 1.85. The number of rotatable bonds is 1. The van der Waals surface area contributed by atoms with Crippen molar-refractivity contribution in [1.82, 2.24) is 0 Å². The first-order valence-electron chi connectivity index (χ1n) is 5.62. The fourth-order valence-electron chi connectivity index (χ4n) is 2.63. The summed E-state index contributed by atoms with van der Waals surface area (Å²) < 4.78 is 0. The van der Waals surface area contributed by atoms with Crippen molar-refractivity contribution in [3.8, 4) is 11.1 Å². The molecular formula is C15H12O2. The van der Waals surface area contributed by atoms with Gasteiger partial charge in [-0.05, 0) is 41.2 Å². The number of carboxylic acids is 1. The molecule has 0 aliphatic heterocycles. The van der Waals surface area contributed by atoms with E-state index in [4.69, 9.17) is 0 Å². The number of carboxylic acid groups (broad SMARTS) is 1. The highest BCUT2D eigenvalue weighted by Crippen LogP contribution is 2.39. The van der Waals surface area contributed by atoms with Gasteiger partial charge >= 0.3 is 5.97 Å². The zero-order chi connectivity index (χ0) is 12.0. The third-order valence-corrected chi connectivity index (χ3v) is 3.41. The van der Waals surface area contributed by atoms with E-state index < -0.39 is 5.97 Å². The van der Waals surface area contributed by atoms with Crippen LogP contribution in [0.1, 0.15) is 27.0 Å². The lowest BCUT2D eigenvalue weighted by molar-refractivity contribution is 0.0695. The largest absolute Gasteiger partial charge is 0.478 e. The molecule has 1 aliphatic rings. The lowest BCUT2D eigenvalue weighted by atomic mass is 9.97. The zero-order valence-corrected chi connectivity index (χ0v) is 9.53. The summed E-state index contributed by atoms with van der Waals surface area (Å²) in [5.41, 5.74) is 5.73. The van der Waals surface area contributed by atoms with Crippen LogP contribution in [0.25, 0.3) is 11.1 Å². The predicted molar refractivity (Wildman–Crippen MR) is 66.4 cm³/mol. The molecule has 0 bridgehead atoms. The van der Waals surface area contributed by atoms with E-state index in [1.807, 2.05) is 31.2 Å². The molecule has 0 unspecified atom stereocenters. The second-order valence-electron chi connectivity index (χ2n) is 4.42. The number of carbonyl (C=O) groups is 1. The highest BCUT2D eigenvalue weighted by atomic mass is 16.4. The van der Waals surface area contributed by atoms with E-state index in [9.17, 15) is 9.90 Å². The van der Waals surface area contributed by atoms with E-state index >= 15 is 0 Å². The number of hydrogen-bond acceptors (Lipinski definition) is 1. The molecule has 2 heteroatoms. The molecule has 0 aromatic heterocycles. The maximum absolute atomic E-state index is 11.3. The second kappa shape index (κ2) is 3.45. The highest BCUT2D eigenvalue weighted by Gasteiger charge is 2.24. The minimum atomic E-state index is -0.827. The molecular weight excluding hydrogens is 212 g/mol. The maximum Gasteiger partial charge on any atom is 0.336 e. The molecule has 3 rings (SSSR count). The Balaban J connectivity index is 2.31. The summed E-state index contributed by atoms with van der Waals surface area (Å²) in [7, 11) is 0. The fraction of sp³-hybridized carbons (Fsp3) is 0.133. The molecule has 0 spiro atoms. The minimum Gasteiger partial charge on any atom is -0.478 e. The van der Waals surface area contributed by atoms with Gasteiger partial charge in [-0.25, -0.2) is 4.79 Å². The van der Waals surface area contributed by atoms with Crippen molar-refractivity contribution in [2.45, 2.75) is 13.3 Å². The van der Waals surface area contributed by atoms with Crippen LogP contribution in [-0.4, -0.2) is 11.1 Å². The Bertz CT molecular complexity index is 627. The van der Waals surface area contributed by atoms with E-state index in [2.05, 4.69) is 12.1 Å². The molecule has 1 N–H and O–H groups in total. The summed E-state index contributed by atoms with van der Waals surface area (Å²) in [6, 6.07) is 12.0. The first kappa shape index (κ1) is 10.1. The molecule has 0 atom stereocenters. The topological polar surface area (TPSA) is 37.3 Å². The lowest BCUT2D eigenvalue weighted by Crippen LogP contribution is -2.04. The summed E-state index contributed by atoms with van der Waals surface area (Å²) in [4.78, 5) is 11.3. The van der Waals surface area contributed by atoms with Gasteiger partial charge in [-0.15, -0.1) is 0 Å². The second-order valence-corrected chi connectivity index (χ2v) is 4.42. The third-order valence-electron chi connectivity index (χ3n) is 3.41. The van der Waals surface area contributed by atoms with Crippen LogP contribution in [0.2, 0.25) is 0 Å². The molecule has 84 valence electrons. The van der Waals surface area contributed by atoms with Crippen LogP contribution >= 0.6 is 0 Å². The van der Waals surface area contributed by atoms with Crippen LogP contribution in [-0.2, 0) is 6.42 Å². The number of benzene rings is 2. The molecule has 0 heterocycles. The molecule has 0 saturated heterocycles. The van der Waals surface area contributed by atoms with Crippen LogP contribution in [0, 0.1) is 6.92 Å². The number of aromatic carboxylic acids is 1. The van der Waals surface area contributed by atoms with Crippen molar-refractivity contribution >= 4 is 5.97 Å². The molecule has 1 aliphatic carbocycles. The lowest BCUT2D eigenvalue weighted by Gasteiger charge is -2.07. The van der Waals surface area contributed by atoms with Gasteiger partial charge in [-0.3, -0.25) is 0 Å². The molecule has 0 fully saturated rings. The maximum atomic E-state index is 11.3. The minimum absolute atomic E-state index is 0.471. The van der Waals surface area contributed by atoms with Crippen molar-refractivity contribution in [1.29, 1.82) is 0 Å². The van der Waals surface area contributed by atoms with E-state index in [0.717, 1.165) is 23.1 Å². The van der Waals surface area contributed by atoms with Crippen molar-refractivity contribution in [3.05, 3.63) is 58.7 Å². The smallest absolute Gasteiger partial charge is 0.336 e.